The van der Waals surface area contributed by atoms with Crippen molar-refractivity contribution in [1.82, 2.24) is 5.32 Å². The van der Waals surface area contributed by atoms with Crippen LogP contribution in [0.3, 0.4) is 0 Å². The van der Waals surface area contributed by atoms with Gasteiger partial charge in [0.2, 0.25) is 0 Å². The molecule has 0 bridgehead atoms. The second-order valence-corrected chi connectivity index (χ2v) is 7.54. The molecule has 2 atom stereocenters. The highest BCUT2D eigenvalue weighted by molar-refractivity contribution is 7.91. The average Bonchev–Trinajstić information content (AvgIpc) is 3.03. The maximum absolute atomic E-state index is 12.3. The Kier molecular flexibility index (Phi) is 5.38. The number of ether oxygens (including phenoxy) is 1. The van der Waals surface area contributed by atoms with E-state index < -0.39 is 15.9 Å². The minimum absolute atomic E-state index is 0.0394. The third-order valence-corrected chi connectivity index (χ3v) is 5.74. The summed E-state index contributed by atoms with van der Waals surface area (Å²) in [6.45, 7) is 2.20. The Morgan fingerprint density at radius 2 is 2.22 bits per heavy atom. The van der Waals surface area contributed by atoms with Gasteiger partial charge in [-0.25, -0.2) is 13.2 Å². The second kappa shape index (κ2) is 7.10. The molecular formula is C15H20N2O5S. The summed E-state index contributed by atoms with van der Waals surface area (Å²) >= 11 is 0. The molecule has 1 aliphatic heterocycles. The van der Waals surface area contributed by atoms with E-state index >= 15 is 0 Å². The van der Waals surface area contributed by atoms with Crippen LogP contribution in [0.2, 0.25) is 0 Å². The Labute approximate surface area is 135 Å². The molecule has 1 aromatic rings. The number of hydrogen-bond donors (Lipinski definition) is 2. The highest BCUT2D eigenvalue weighted by atomic mass is 32.2. The summed E-state index contributed by atoms with van der Waals surface area (Å²) in [7, 11) is -2.21. The number of carbonyl (C=O) groups excluding carboxylic acids is 2. The number of sulfone groups is 1. The minimum Gasteiger partial charge on any atom is -0.453 e. The molecule has 2 rings (SSSR count). The zero-order chi connectivity index (χ0) is 17.0. The highest BCUT2D eigenvalue weighted by Crippen LogP contribution is 2.34. The Balaban J connectivity index is 2.51. The number of anilines is 1. The third-order valence-electron chi connectivity index (χ3n) is 3.94. The van der Waals surface area contributed by atoms with Gasteiger partial charge in [-0.2, -0.15) is 0 Å². The lowest BCUT2D eigenvalue weighted by molar-refractivity contribution is -0.111. The lowest BCUT2D eigenvalue weighted by Gasteiger charge is -2.20. The molecule has 1 saturated heterocycles. The number of amides is 1. The number of benzene rings is 1. The van der Waals surface area contributed by atoms with E-state index in [1.165, 1.54) is 19.2 Å². The SMILES string of the molecule is CCS(=O)(=O)c1ccc(NC(=O)OC)cc1[C@H]1NCC[C@@H]1C=O. The molecule has 0 radical (unpaired) electrons. The summed E-state index contributed by atoms with van der Waals surface area (Å²) in [5.41, 5.74) is 0.913. The van der Waals surface area contributed by atoms with Gasteiger partial charge in [0.1, 0.15) is 6.29 Å². The summed E-state index contributed by atoms with van der Waals surface area (Å²) in [4.78, 5) is 22.8. The van der Waals surface area contributed by atoms with Crippen molar-refractivity contribution in [2.24, 2.45) is 5.92 Å². The van der Waals surface area contributed by atoms with Crippen LogP contribution in [0, 0.1) is 5.92 Å². The Morgan fingerprint density at radius 3 is 2.83 bits per heavy atom. The zero-order valence-corrected chi connectivity index (χ0v) is 13.9. The fourth-order valence-electron chi connectivity index (χ4n) is 2.69. The molecule has 0 saturated carbocycles. The fraction of sp³-hybridized carbons (Fsp3) is 0.467. The maximum Gasteiger partial charge on any atom is 0.411 e. The van der Waals surface area contributed by atoms with Crippen LogP contribution in [-0.4, -0.2) is 40.2 Å². The molecule has 7 nitrogen and oxygen atoms in total. The first-order valence-corrected chi connectivity index (χ1v) is 8.98. The van der Waals surface area contributed by atoms with Crippen molar-refractivity contribution in [3.05, 3.63) is 23.8 Å². The van der Waals surface area contributed by atoms with Crippen molar-refractivity contribution in [3.63, 3.8) is 0 Å². The molecule has 0 unspecified atom stereocenters. The first kappa shape index (κ1) is 17.4. The van der Waals surface area contributed by atoms with Gasteiger partial charge in [0.15, 0.2) is 9.84 Å². The van der Waals surface area contributed by atoms with Crippen molar-refractivity contribution < 1.29 is 22.7 Å². The molecule has 23 heavy (non-hydrogen) atoms. The lowest BCUT2D eigenvalue weighted by Crippen LogP contribution is -2.22. The molecule has 1 heterocycles. The quantitative estimate of drug-likeness (QED) is 0.788. The Bertz CT molecular complexity index is 702. The van der Waals surface area contributed by atoms with Gasteiger partial charge in [-0.3, -0.25) is 5.32 Å². The normalized spacial score (nSPS) is 21.0. The summed E-state index contributed by atoms with van der Waals surface area (Å²) < 4.78 is 29.2. The van der Waals surface area contributed by atoms with Crippen LogP contribution < -0.4 is 10.6 Å². The molecule has 8 heteroatoms. The van der Waals surface area contributed by atoms with Crippen LogP contribution in [0.5, 0.6) is 0 Å². The van der Waals surface area contributed by atoms with Gasteiger partial charge in [-0.1, -0.05) is 6.92 Å². The van der Waals surface area contributed by atoms with E-state index in [0.717, 1.165) is 6.29 Å². The van der Waals surface area contributed by atoms with Gasteiger partial charge >= 0.3 is 6.09 Å². The Morgan fingerprint density at radius 1 is 1.48 bits per heavy atom. The van der Waals surface area contributed by atoms with Crippen LogP contribution in [-0.2, 0) is 19.4 Å². The van der Waals surface area contributed by atoms with Crippen molar-refractivity contribution in [1.29, 1.82) is 0 Å². The van der Waals surface area contributed by atoms with Gasteiger partial charge in [-0.05, 0) is 36.7 Å². The predicted octanol–water partition coefficient (Wildman–Crippen LogP) is 1.51. The first-order chi connectivity index (χ1) is 10.9. The fourth-order valence-corrected chi connectivity index (χ4v) is 3.82. The van der Waals surface area contributed by atoms with Gasteiger partial charge in [-0.15, -0.1) is 0 Å². The monoisotopic (exact) mass is 340 g/mol. The molecule has 0 aliphatic carbocycles. The highest BCUT2D eigenvalue weighted by Gasteiger charge is 2.32. The number of carbonyl (C=O) groups is 2. The van der Waals surface area contributed by atoms with E-state index in [1.54, 1.807) is 13.0 Å². The van der Waals surface area contributed by atoms with Crippen LogP contribution in [0.4, 0.5) is 10.5 Å². The van der Waals surface area contributed by atoms with Crippen LogP contribution in [0.15, 0.2) is 23.1 Å². The minimum atomic E-state index is -3.45. The van der Waals surface area contributed by atoms with Crippen molar-refractivity contribution in [2.75, 3.05) is 24.7 Å². The number of rotatable bonds is 5. The molecule has 1 fully saturated rings. The van der Waals surface area contributed by atoms with Gasteiger partial charge in [0, 0.05) is 17.6 Å². The van der Waals surface area contributed by atoms with Crippen LogP contribution >= 0.6 is 0 Å². The zero-order valence-electron chi connectivity index (χ0n) is 13.0. The number of aldehydes is 1. The largest absolute Gasteiger partial charge is 0.453 e. The molecule has 0 spiro atoms. The predicted molar refractivity (Wildman–Crippen MR) is 85.1 cm³/mol. The van der Waals surface area contributed by atoms with Crippen molar-refractivity contribution >= 4 is 27.9 Å². The van der Waals surface area contributed by atoms with Crippen molar-refractivity contribution in [2.45, 2.75) is 24.3 Å². The standard InChI is InChI=1S/C15H20N2O5S/c1-3-23(20,21)13-5-4-11(17-15(19)22-2)8-12(13)14-10(9-18)6-7-16-14/h4-5,8-10,14,16H,3,6-7H2,1-2H3,(H,17,19)/t10-,14+/m1/s1. The van der Waals surface area contributed by atoms with E-state index in [1.807, 2.05) is 0 Å². The average molecular weight is 340 g/mol. The lowest BCUT2D eigenvalue weighted by atomic mass is 9.95. The molecule has 1 amide bonds. The van der Waals surface area contributed by atoms with E-state index in [-0.39, 0.29) is 22.6 Å². The number of nitrogens with one attached hydrogen (secondary N) is 2. The molecule has 126 valence electrons. The maximum atomic E-state index is 12.3. The van der Waals surface area contributed by atoms with Gasteiger partial charge in [0.05, 0.1) is 17.8 Å². The number of methoxy groups -OCH3 is 1. The summed E-state index contributed by atoms with van der Waals surface area (Å²) in [6, 6.07) is 4.16. The van der Waals surface area contributed by atoms with Crippen molar-refractivity contribution in [3.8, 4) is 0 Å². The molecule has 1 aliphatic rings. The summed E-state index contributed by atoms with van der Waals surface area (Å²) in [6.07, 6.45) is 0.843. The summed E-state index contributed by atoms with van der Waals surface area (Å²) in [5.74, 6) is -0.336. The first-order valence-electron chi connectivity index (χ1n) is 7.33. The van der Waals surface area contributed by atoms with E-state index in [9.17, 15) is 18.0 Å². The third kappa shape index (κ3) is 3.70. The second-order valence-electron chi connectivity index (χ2n) is 5.29. The topological polar surface area (TPSA) is 102 Å². The molecule has 1 aromatic carbocycles. The molecule has 0 aromatic heterocycles. The van der Waals surface area contributed by atoms with Crippen LogP contribution in [0.25, 0.3) is 0 Å². The van der Waals surface area contributed by atoms with Gasteiger partial charge < -0.3 is 14.8 Å². The Hall–Kier alpha value is -1.93. The molecular weight excluding hydrogens is 320 g/mol. The smallest absolute Gasteiger partial charge is 0.411 e. The molecule has 2 N–H and O–H groups in total. The number of hydrogen-bond acceptors (Lipinski definition) is 6. The van der Waals surface area contributed by atoms with E-state index in [2.05, 4.69) is 15.4 Å². The van der Waals surface area contributed by atoms with E-state index in [0.29, 0.717) is 24.2 Å². The summed E-state index contributed by atoms with van der Waals surface area (Å²) in [5, 5.41) is 5.68. The van der Waals surface area contributed by atoms with Gasteiger partial charge in [0.25, 0.3) is 0 Å². The van der Waals surface area contributed by atoms with E-state index in [4.69, 9.17) is 0 Å². The van der Waals surface area contributed by atoms with Crippen LogP contribution in [0.1, 0.15) is 24.9 Å².